The molecule has 0 aliphatic carbocycles. The third-order valence-electron chi connectivity index (χ3n) is 1.92. The number of nitrogens with one attached hydrogen (secondary N) is 1. The summed E-state index contributed by atoms with van der Waals surface area (Å²) in [6.45, 7) is 2.33. The van der Waals surface area contributed by atoms with Crippen molar-refractivity contribution in [2.45, 2.75) is 13.3 Å². The zero-order chi connectivity index (χ0) is 11.3. The lowest BCUT2D eigenvalue weighted by Crippen LogP contribution is -2.23. The summed E-state index contributed by atoms with van der Waals surface area (Å²) in [7, 11) is 0. The van der Waals surface area contributed by atoms with Crippen LogP contribution in [0.5, 0.6) is 0 Å². The van der Waals surface area contributed by atoms with Crippen LogP contribution >= 0.6 is 15.9 Å². The molecule has 1 atom stereocenters. The summed E-state index contributed by atoms with van der Waals surface area (Å²) in [6.07, 6.45) is 3.69. The largest absolute Gasteiger partial charge is 0.330 e. The van der Waals surface area contributed by atoms with Gasteiger partial charge in [-0.3, -0.25) is 4.79 Å². The highest BCUT2D eigenvalue weighted by atomic mass is 79.9. The van der Waals surface area contributed by atoms with E-state index in [9.17, 15) is 4.79 Å². The Morgan fingerprint density at radius 2 is 2.33 bits per heavy atom. The predicted octanol–water partition coefficient (Wildman–Crippen LogP) is 1.16. The number of rotatable bonds is 4. The van der Waals surface area contributed by atoms with Gasteiger partial charge in [0.1, 0.15) is 4.60 Å². The number of carbonyl (C=O) groups is 1. The summed E-state index contributed by atoms with van der Waals surface area (Å²) in [5.41, 5.74) is 5.37. The van der Waals surface area contributed by atoms with Gasteiger partial charge in [0.2, 0.25) is 5.91 Å². The highest BCUT2D eigenvalue weighted by Crippen LogP contribution is 2.08. The first-order valence-corrected chi connectivity index (χ1v) is 5.41. The minimum absolute atomic E-state index is 0.0860. The van der Waals surface area contributed by atoms with Gasteiger partial charge in [0.05, 0.1) is 12.4 Å². The van der Waals surface area contributed by atoms with Gasteiger partial charge in [0.15, 0.2) is 5.82 Å². The predicted molar refractivity (Wildman–Crippen MR) is 61.2 cm³/mol. The SMILES string of the molecule is CC(CCN)C(=O)Nc1cnc(Br)cn1. The number of halogens is 1. The second kappa shape index (κ2) is 5.77. The maximum atomic E-state index is 11.5. The molecule has 1 heterocycles. The number of nitrogens with two attached hydrogens (primary N) is 1. The zero-order valence-electron chi connectivity index (χ0n) is 8.40. The van der Waals surface area contributed by atoms with E-state index in [0.717, 1.165) is 0 Å². The number of aromatic nitrogens is 2. The van der Waals surface area contributed by atoms with Crippen molar-refractivity contribution in [1.29, 1.82) is 0 Å². The molecule has 0 aliphatic heterocycles. The van der Waals surface area contributed by atoms with Crippen LogP contribution < -0.4 is 11.1 Å². The second-order valence-electron chi connectivity index (χ2n) is 3.19. The molecule has 3 N–H and O–H groups in total. The van der Waals surface area contributed by atoms with E-state index in [4.69, 9.17) is 5.73 Å². The Labute approximate surface area is 96.6 Å². The van der Waals surface area contributed by atoms with Gasteiger partial charge in [-0.05, 0) is 28.9 Å². The van der Waals surface area contributed by atoms with Crippen LogP contribution in [0, 0.1) is 5.92 Å². The van der Waals surface area contributed by atoms with Crippen molar-refractivity contribution in [2.75, 3.05) is 11.9 Å². The minimum atomic E-state index is -0.111. The van der Waals surface area contributed by atoms with E-state index in [1.807, 2.05) is 6.92 Å². The van der Waals surface area contributed by atoms with Crippen molar-refractivity contribution in [3.63, 3.8) is 0 Å². The molecule has 0 aliphatic rings. The first-order chi connectivity index (χ1) is 7.13. The van der Waals surface area contributed by atoms with Crippen molar-refractivity contribution < 1.29 is 4.79 Å². The molecule has 0 spiro atoms. The maximum absolute atomic E-state index is 11.5. The summed E-state index contributed by atoms with van der Waals surface area (Å²) in [4.78, 5) is 19.5. The lowest BCUT2D eigenvalue weighted by molar-refractivity contribution is -0.119. The molecule has 1 unspecified atom stereocenters. The minimum Gasteiger partial charge on any atom is -0.330 e. The first kappa shape index (κ1) is 12.1. The van der Waals surface area contributed by atoms with E-state index >= 15 is 0 Å². The molecule has 15 heavy (non-hydrogen) atoms. The number of hydrogen-bond donors (Lipinski definition) is 2. The number of carbonyl (C=O) groups excluding carboxylic acids is 1. The monoisotopic (exact) mass is 272 g/mol. The van der Waals surface area contributed by atoms with E-state index in [2.05, 4.69) is 31.2 Å². The Hall–Kier alpha value is -1.01. The molecule has 0 radical (unpaired) electrons. The fourth-order valence-corrected chi connectivity index (χ4v) is 1.21. The Morgan fingerprint density at radius 1 is 1.60 bits per heavy atom. The molecule has 0 bridgehead atoms. The molecule has 1 amide bonds. The molecule has 1 aromatic rings. The number of anilines is 1. The van der Waals surface area contributed by atoms with Gasteiger partial charge < -0.3 is 11.1 Å². The van der Waals surface area contributed by atoms with E-state index in [0.29, 0.717) is 23.4 Å². The molecule has 0 fully saturated rings. The summed E-state index contributed by atoms with van der Waals surface area (Å²) in [5.74, 6) is 0.254. The Bertz CT molecular complexity index is 327. The molecule has 5 nitrogen and oxygen atoms in total. The first-order valence-electron chi connectivity index (χ1n) is 4.62. The van der Waals surface area contributed by atoms with E-state index in [1.54, 1.807) is 0 Å². The molecular weight excluding hydrogens is 260 g/mol. The summed E-state index contributed by atoms with van der Waals surface area (Å²) >= 11 is 3.16. The van der Waals surface area contributed by atoms with Crippen molar-refractivity contribution in [2.24, 2.45) is 11.7 Å². The van der Waals surface area contributed by atoms with Gasteiger partial charge in [-0.15, -0.1) is 0 Å². The van der Waals surface area contributed by atoms with Crippen LogP contribution in [0.1, 0.15) is 13.3 Å². The van der Waals surface area contributed by atoms with E-state index < -0.39 is 0 Å². The van der Waals surface area contributed by atoms with Crippen molar-refractivity contribution >= 4 is 27.7 Å². The van der Waals surface area contributed by atoms with Crippen LogP contribution in [0.15, 0.2) is 17.0 Å². The summed E-state index contributed by atoms with van der Waals surface area (Å²) in [6, 6.07) is 0. The quantitative estimate of drug-likeness (QED) is 0.862. The molecular formula is C9H13BrN4O. The molecule has 6 heteroatoms. The van der Waals surface area contributed by atoms with Gasteiger partial charge in [-0.25, -0.2) is 9.97 Å². The van der Waals surface area contributed by atoms with Crippen molar-refractivity contribution in [3.8, 4) is 0 Å². The van der Waals surface area contributed by atoms with Crippen LogP contribution in [0.3, 0.4) is 0 Å². The summed E-state index contributed by atoms with van der Waals surface area (Å²) in [5, 5.41) is 2.66. The lowest BCUT2D eigenvalue weighted by atomic mass is 10.1. The van der Waals surface area contributed by atoms with Gasteiger partial charge in [0, 0.05) is 5.92 Å². The molecule has 1 aromatic heterocycles. The Balaban J connectivity index is 2.54. The van der Waals surface area contributed by atoms with E-state index in [1.165, 1.54) is 12.4 Å². The average Bonchev–Trinajstić information content (AvgIpc) is 2.22. The van der Waals surface area contributed by atoms with Crippen LogP contribution in [0.2, 0.25) is 0 Å². The highest BCUT2D eigenvalue weighted by Gasteiger charge is 2.12. The summed E-state index contributed by atoms with van der Waals surface area (Å²) < 4.78 is 0.635. The maximum Gasteiger partial charge on any atom is 0.228 e. The van der Waals surface area contributed by atoms with Gasteiger partial charge >= 0.3 is 0 Å². The van der Waals surface area contributed by atoms with Gasteiger partial charge in [-0.2, -0.15) is 0 Å². The van der Waals surface area contributed by atoms with E-state index in [-0.39, 0.29) is 11.8 Å². The van der Waals surface area contributed by atoms with Gasteiger partial charge in [0.25, 0.3) is 0 Å². The molecule has 1 rings (SSSR count). The molecule has 0 aromatic carbocycles. The molecule has 0 saturated heterocycles. The van der Waals surface area contributed by atoms with Crippen LogP contribution in [-0.2, 0) is 4.79 Å². The van der Waals surface area contributed by atoms with Crippen LogP contribution in [0.4, 0.5) is 5.82 Å². The average molecular weight is 273 g/mol. The van der Waals surface area contributed by atoms with Crippen molar-refractivity contribution in [3.05, 3.63) is 17.0 Å². The second-order valence-corrected chi connectivity index (χ2v) is 4.00. The van der Waals surface area contributed by atoms with Crippen molar-refractivity contribution in [1.82, 2.24) is 9.97 Å². The third-order valence-corrected chi connectivity index (χ3v) is 2.33. The fraction of sp³-hybridized carbons (Fsp3) is 0.444. The van der Waals surface area contributed by atoms with Crippen LogP contribution in [-0.4, -0.2) is 22.4 Å². The smallest absolute Gasteiger partial charge is 0.228 e. The Kier molecular flexibility index (Phi) is 4.64. The number of amides is 1. The fourth-order valence-electron chi connectivity index (χ4n) is 1.01. The molecule has 82 valence electrons. The standard InChI is InChI=1S/C9H13BrN4O/c1-6(2-3-11)9(15)14-8-5-12-7(10)4-13-8/h4-6H,2-3,11H2,1H3,(H,13,14,15). The zero-order valence-corrected chi connectivity index (χ0v) is 9.99. The van der Waals surface area contributed by atoms with Gasteiger partial charge in [-0.1, -0.05) is 6.92 Å². The molecule has 0 saturated carbocycles. The lowest BCUT2D eigenvalue weighted by Gasteiger charge is -2.09. The Morgan fingerprint density at radius 3 is 2.87 bits per heavy atom. The highest BCUT2D eigenvalue weighted by molar-refractivity contribution is 9.10. The number of hydrogen-bond acceptors (Lipinski definition) is 4. The number of nitrogens with zero attached hydrogens (tertiary/aromatic N) is 2. The van der Waals surface area contributed by atoms with Crippen LogP contribution in [0.25, 0.3) is 0 Å². The topological polar surface area (TPSA) is 80.9 Å². The normalized spacial score (nSPS) is 12.2. The third kappa shape index (κ3) is 3.93.